The van der Waals surface area contributed by atoms with Gasteiger partial charge in [-0.15, -0.1) is 0 Å². The summed E-state index contributed by atoms with van der Waals surface area (Å²) >= 11 is 0. The Kier molecular flexibility index (Phi) is 5.21. The molecule has 0 aromatic heterocycles. The summed E-state index contributed by atoms with van der Waals surface area (Å²) in [5.41, 5.74) is 2.83. The maximum absolute atomic E-state index is 13.3. The van der Waals surface area contributed by atoms with Gasteiger partial charge in [-0.25, -0.2) is 4.79 Å². The minimum Gasteiger partial charge on any atom is -0.333 e. The molecule has 4 heteroatoms. The van der Waals surface area contributed by atoms with Crippen LogP contribution in [0.5, 0.6) is 0 Å². The van der Waals surface area contributed by atoms with E-state index in [4.69, 9.17) is 0 Å². The topological polar surface area (TPSA) is 36.8 Å². The van der Waals surface area contributed by atoms with E-state index in [2.05, 4.69) is 70.9 Å². The van der Waals surface area contributed by atoms with Crippen LogP contribution in [-0.2, 0) is 0 Å². The van der Waals surface area contributed by atoms with Gasteiger partial charge in [-0.3, -0.25) is 0 Å². The molecule has 4 bridgehead atoms. The summed E-state index contributed by atoms with van der Waals surface area (Å²) in [7, 11) is 0. The van der Waals surface area contributed by atoms with Gasteiger partial charge in [0.15, 0.2) is 0 Å². The van der Waals surface area contributed by atoms with Crippen molar-refractivity contribution in [3.05, 3.63) is 71.8 Å². The second-order valence-electron chi connectivity index (χ2n) is 11.0. The molecule has 5 aliphatic rings. The second-order valence-corrected chi connectivity index (χ2v) is 11.0. The highest BCUT2D eigenvalue weighted by atomic mass is 16.2. The third-order valence-electron chi connectivity index (χ3n) is 8.78. The van der Waals surface area contributed by atoms with E-state index in [0.29, 0.717) is 6.04 Å². The quantitative estimate of drug-likeness (QED) is 0.763. The normalized spacial score (nSPS) is 31.8. The van der Waals surface area contributed by atoms with Gasteiger partial charge in [0.25, 0.3) is 0 Å². The molecular formula is C28H36N3O+. The lowest BCUT2D eigenvalue weighted by atomic mass is 9.53. The Morgan fingerprint density at radius 1 is 0.812 bits per heavy atom. The van der Waals surface area contributed by atoms with Gasteiger partial charge in [-0.2, -0.15) is 0 Å². The average Bonchev–Trinajstić information content (AvgIpc) is 2.80. The highest BCUT2D eigenvalue weighted by Gasteiger charge is 2.52. The summed E-state index contributed by atoms with van der Waals surface area (Å²) < 4.78 is 0. The first-order valence-corrected chi connectivity index (χ1v) is 12.7. The number of nitrogens with one attached hydrogen (secondary N) is 2. The lowest BCUT2D eigenvalue weighted by Crippen LogP contribution is -3.15. The van der Waals surface area contributed by atoms with Crippen LogP contribution in [0, 0.1) is 17.8 Å². The molecule has 0 spiro atoms. The summed E-state index contributed by atoms with van der Waals surface area (Å²) in [4.78, 5) is 17.0. The van der Waals surface area contributed by atoms with E-state index in [1.165, 1.54) is 49.7 Å². The van der Waals surface area contributed by atoms with E-state index in [9.17, 15) is 4.79 Å². The summed E-state index contributed by atoms with van der Waals surface area (Å²) in [6.07, 6.45) is 7.91. The molecule has 1 heterocycles. The van der Waals surface area contributed by atoms with Crippen LogP contribution >= 0.6 is 0 Å². The molecule has 4 aliphatic carbocycles. The number of carbonyl (C=O) groups is 1. The maximum atomic E-state index is 13.3. The predicted octanol–water partition coefficient (Wildman–Crippen LogP) is 3.65. The molecule has 1 saturated heterocycles. The highest BCUT2D eigenvalue weighted by molar-refractivity contribution is 5.75. The molecule has 2 amide bonds. The third-order valence-corrected chi connectivity index (χ3v) is 8.78. The first-order valence-electron chi connectivity index (χ1n) is 12.7. The van der Waals surface area contributed by atoms with Gasteiger partial charge < -0.3 is 15.1 Å². The van der Waals surface area contributed by atoms with Gasteiger partial charge in [0.1, 0.15) is 6.04 Å². The van der Waals surface area contributed by atoms with E-state index in [1.54, 1.807) is 4.90 Å². The lowest BCUT2D eigenvalue weighted by molar-refractivity contribution is -0.929. The monoisotopic (exact) mass is 430 g/mol. The van der Waals surface area contributed by atoms with Crippen molar-refractivity contribution in [1.29, 1.82) is 0 Å². The Balaban J connectivity index is 1.13. The molecular weight excluding hydrogens is 394 g/mol. The van der Waals surface area contributed by atoms with Gasteiger partial charge in [0.05, 0.1) is 26.2 Å². The zero-order valence-corrected chi connectivity index (χ0v) is 19.0. The van der Waals surface area contributed by atoms with Gasteiger partial charge in [0.2, 0.25) is 0 Å². The number of nitrogens with zero attached hydrogens (tertiary/aromatic N) is 1. The van der Waals surface area contributed by atoms with Gasteiger partial charge in [0, 0.05) is 16.7 Å². The van der Waals surface area contributed by atoms with Gasteiger partial charge >= 0.3 is 6.03 Å². The molecule has 5 fully saturated rings. The number of amides is 2. The third kappa shape index (κ3) is 3.83. The Morgan fingerprint density at radius 3 is 1.75 bits per heavy atom. The minimum absolute atomic E-state index is 0.104. The molecule has 7 rings (SSSR count). The van der Waals surface area contributed by atoms with Crippen LogP contribution in [0.1, 0.15) is 55.7 Å². The maximum Gasteiger partial charge on any atom is 0.318 e. The fourth-order valence-corrected chi connectivity index (χ4v) is 7.81. The van der Waals surface area contributed by atoms with Crippen molar-refractivity contribution in [3.8, 4) is 0 Å². The smallest absolute Gasteiger partial charge is 0.318 e. The van der Waals surface area contributed by atoms with Gasteiger partial charge in [-0.1, -0.05) is 60.7 Å². The molecule has 0 unspecified atom stereocenters. The van der Waals surface area contributed by atoms with Crippen molar-refractivity contribution in [3.63, 3.8) is 0 Å². The molecule has 2 aromatic carbocycles. The number of rotatable bonds is 4. The summed E-state index contributed by atoms with van der Waals surface area (Å²) in [6, 6.07) is 22.2. The number of urea groups is 1. The second kappa shape index (κ2) is 8.22. The molecule has 168 valence electrons. The van der Waals surface area contributed by atoms with Crippen LogP contribution in [0.3, 0.4) is 0 Å². The SMILES string of the molecule is O=C(NC12CC3CC(CC(C3)C1)C2)N1CC[NH+](C(c2ccccc2)c2ccccc2)CC1. The van der Waals surface area contributed by atoms with Crippen molar-refractivity contribution >= 4 is 6.03 Å². The Morgan fingerprint density at radius 2 is 1.28 bits per heavy atom. The Labute approximate surface area is 192 Å². The van der Waals surface area contributed by atoms with Crippen LogP contribution in [0.25, 0.3) is 0 Å². The fourth-order valence-electron chi connectivity index (χ4n) is 7.81. The van der Waals surface area contributed by atoms with Crippen molar-refractivity contribution in [2.45, 2.75) is 50.1 Å². The zero-order valence-electron chi connectivity index (χ0n) is 19.0. The Hall–Kier alpha value is -2.33. The van der Waals surface area contributed by atoms with E-state index in [0.717, 1.165) is 43.9 Å². The Bertz CT molecular complexity index is 861. The first kappa shape index (κ1) is 20.3. The molecule has 4 nitrogen and oxygen atoms in total. The molecule has 2 aromatic rings. The summed E-state index contributed by atoms with van der Waals surface area (Å²) in [5, 5.41) is 3.58. The standard InChI is InChI=1S/C28H35N3O/c32-27(29-28-18-21-15-22(19-28)17-23(16-21)20-28)31-13-11-30(12-14-31)26(24-7-3-1-4-8-24)25-9-5-2-6-10-25/h1-10,21-23,26H,11-20H2,(H,29,32)/p+1. The average molecular weight is 431 g/mol. The predicted molar refractivity (Wildman–Crippen MR) is 126 cm³/mol. The van der Waals surface area contributed by atoms with Crippen LogP contribution in [0.4, 0.5) is 4.79 Å². The van der Waals surface area contributed by atoms with E-state index in [1.807, 2.05) is 0 Å². The van der Waals surface area contributed by atoms with Crippen LogP contribution < -0.4 is 10.2 Å². The fraction of sp³-hybridized carbons (Fsp3) is 0.536. The van der Waals surface area contributed by atoms with Crippen molar-refractivity contribution in [2.24, 2.45) is 17.8 Å². The van der Waals surface area contributed by atoms with Crippen LogP contribution in [-0.4, -0.2) is 42.6 Å². The molecule has 0 radical (unpaired) electrons. The summed E-state index contributed by atoms with van der Waals surface area (Å²) in [5.74, 6) is 2.58. The largest absolute Gasteiger partial charge is 0.333 e. The van der Waals surface area contributed by atoms with Crippen molar-refractivity contribution in [2.75, 3.05) is 26.2 Å². The number of benzene rings is 2. The van der Waals surface area contributed by atoms with Crippen molar-refractivity contribution in [1.82, 2.24) is 10.2 Å². The number of hydrogen-bond donors (Lipinski definition) is 2. The van der Waals surface area contributed by atoms with Crippen LogP contribution in [0.15, 0.2) is 60.7 Å². The van der Waals surface area contributed by atoms with E-state index >= 15 is 0 Å². The number of piperazine rings is 1. The van der Waals surface area contributed by atoms with Crippen molar-refractivity contribution < 1.29 is 9.69 Å². The highest BCUT2D eigenvalue weighted by Crippen LogP contribution is 2.55. The lowest BCUT2D eigenvalue weighted by Gasteiger charge is -2.57. The minimum atomic E-state index is 0.104. The molecule has 2 N–H and O–H groups in total. The zero-order chi connectivity index (χ0) is 21.5. The number of carbonyl (C=O) groups excluding carboxylic acids is 1. The van der Waals surface area contributed by atoms with Gasteiger partial charge in [-0.05, 0) is 56.3 Å². The number of hydrogen-bond acceptors (Lipinski definition) is 1. The van der Waals surface area contributed by atoms with E-state index < -0.39 is 0 Å². The summed E-state index contributed by atoms with van der Waals surface area (Å²) in [6.45, 7) is 3.65. The molecule has 0 atom stereocenters. The first-order chi connectivity index (χ1) is 15.7. The molecule has 32 heavy (non-hydrogen) atoms. The molecule has 4 saturated carbocycles. The van der Waals surface area contributed by atoms with E-state index in [-0.39, 0.29) is 11.6 Å². The number of quaternary nitrogens is 1. The van der Waals surface area contributed by atoms with Crippen LogP contribution in [0.2, 0.25) is 0 Å². The molecule has 1 aliphatic heterocycles.